The molecule has 1 atom stereocenters. The highest BCUT2D eigenvalue weighted by Gasteiger charge is 2.16. The zero-order valence-corrected chi connectivity index (χ0v) is 13.3. The Labute approximate surface area is 116 Å². The van der Waals surface area contributed by atoms with Crippen LogP contribution in [0.1, 0.15) is 104 Å². The molecule has 0 aromatic carbocycles. The second-order valence-electron chi connectivity index (χ2n) is 7.53. The van der Waals surface area contributed by atoms with Gasteiger partial charge in [0.05, 0.1) is 0 Å². The van der Waals surface area contributed by atoms with Gasteiger partial charge in [0.15, 0.2) is 0 Å². The minimum Gasteiger partial charge on any atom is -0.0625 e. The molecular weight excluding hydrogens is 216 g/mol. The molecule has 0 amide bonds. The van der Waals surface area contributed by atoms with Gasteiger partial charge < -0.3 is 0 Å². The minimum atomic E-state index is 0.605. The van der Waals surface area contributed by atoms with Crippen molar-refractivity contribution in [3.63, 3.8) is 0 Å². The molecule has 0 saturated heterocycles. The molecule has 0 N–H and O–H groups in total. The third-order valence-corrected chi connectivity index (χ3v) is 4.85. The van der Waals surface area contributed by atoms with Gasteiger partial charge in [-0.3, -0.25) is 0 Å². The van der Waals surface area contributed by atoms with Crippen LogP contribution in [0.15, 0.2) is 0 Å². The standard InChI is InChI=1S/C18H36/c1-17-13-9-5-4-7-11-15-18(2,3)16-12-8-6-10-14-17/h17H,4-16H2,1-3H3. The van der Waals surface area contributed by atoms with E-state index in [1.54, 1.807) is 0 Å². The van der Waals surface area contributed by atoms with Gasteiger partial charge in [-0.05, 0) is 24.2 Å². The van der Waals surface area contributed by atoms with Crippen molar-refractivity contribution >= 4 is 0 Å². The molecule has 1 aliphatic carbocycles. The van der Waals surface area contributed by atoms with Gasteiger partial charge in [-0.15, -0.1) is 0 Å². The lowest BCUT2D eigenvalue weighted by Crippen LogP contribution is -2.11. The van der Waals surface area contributed by atoms with E-state index in [1.165, 1.54) is 83.5 Å². The van der Waals surface area contributed by atoms with E-state index in [9.17, 15) is 0 Å². The fraction of sp³-hybridized carbons (Fsp3) is 1.00. The Morgan fingerprint density at radius 3 is 1.50 bits per heavy atom. The molecule has 1 aliphatic rings. The van der Waals surface area contributed by atoms with Gasteiger partial charge in [0, 0.05) is 0 Å². The van der Waals surface area contributed by atoms with Crippen LogP contribution >= 0.6 is 0 Å². The summed E-state index contributed by atoms with van der Waals surface area (Å²) in [7, 11) is 0. The van der Waals surface area contributed by atoms with Crippen molar-refractivity contribution in [2.45, 2.75) is 104 Å². The smallest absolute Gasteiger partial charge is 0.0354 e. The van der Waals surface area contributed by atoms with Gasteiger partial charge in [0.1, 0.15) is 0 Å². The molecule has 0 heterocycles. The van der Waals surface area contributed by atoms with E-state index in [4.69, 9.17) is 0 Å². The summed E-state index contributed by atoms with van der Waals surface area (Å²) in [5.74, 6) is 0.978. The predicted molar refractivity (Wildman–Crippen MR) is 83.0 cm³/mol. The van der Waals surface area contributed by atoms with Crippen molar-refractivity contribution < 1.29 is 0 Å². The van der Waals surface area contributed by atoms with Crippen LogP contribution in [0.4, 0.5) is 0 Å². The topological polar surface area (TPSA) is 0 Å². The fourth-order valence-electron chi connectivity index (χ4n) is 3.35. The van der Waals surface area contributed by atoms with E-state index >= 15 is 0 Å². The van der Waals surface area contributed by atoms with Crippen LogP contribution < -0.4 is 0 Å². The van der Waals surface area contributed by atoms with Gasteiger partial charge >= 0.3 is 0 Å². The summed E-state index contributed by atoms with van der Waals surface area (Å²) in [6.45, 7) is 7.42. The van der Waals surface area contributed by atoms with Crippen LogP contribution in [-0.4, -0.2) is 0 Å². The van der Waals surface area contributed by atoms with Crippen LogP contribution in [-0.2, 0) is 0 Å². The molecule has 0 bridgehead atoms. The average molecular weight is 252 g/mol. The van der Waals surface area contributed by atoms with Gasteiger partial charge in [0.2, 0.25) is 0 Å². The van der Waals surface area contributed by atoms with E-state index in [2.05, 4.69) is 20.8 Å². The first kappa shape index (κ1) is 16.1. The Morgan fingerprint density at radius 2 is 1.00 bits per heavy atom. The highest BCUT2D eigenvalue weighted by atomic mass is 14.2. The molecule has 0 spiro atoms. The van der Waals surface area contributed by atoms with Crippen molar-refractivity contribution in [1.29, 1.82) is 0 Å². The van der Waals surface area contributed by atoms with Crippen molar-refractivity contribution in [3.8, 4) is 0 Å². The largest absolute Gasteiger partial charge is 0.0625 e. The molecule has 0 aromatic rings. The highest BCUT2D eigenvalue weighted by molar-refractivity contribution is 4.69. The maximum atomic E-state index is 2.48. The lowest BCUT2D eigenvalue weighted by molar-refractivity contribution is 0.282. The molecule has 1 unspecified atom stereocenters. The average Bonchev–Trinajstić information content (AvgIpc) is 2.31. The minimum absolute atomic E-state index is 0.605. The van der Waals surface area contributed by atoms with Crippen LogP contribution in [0.25, 0.3) is 0 Å². The van der Waals surface area contributed by atoms with Crippen LogP contribution in [0.3, 0.4) is 0 Å². The summed E-state index contributed by atoms with van der Waals surface area (Å²) in [5, 5.41) is 0. The second-order valence-corrected chi connectivity index (χ2v) is 7.53. The first-order chi connectivity index (χ1) is 8.60. The first-order valence-corrected chi connectivity index (χ1v) is 8.60. The summed E-state index contributed by atoms with van der Waals surface area (Å²) in [4.78, 5) is 0. The van der Waals surface area contributed by atoms with E-state index in [0.29, 0.717) is 5.41 Å². The van der Waals surface area contributed by atoms with Crippen molar-refractivity contribution in [2.24, 2.45) is 11.3 Å². The normalized spacial score (nSPS) is 29.2. The highest BCUT2D eigenvalue weighted by Crippen LogP contribution is 2.31. The Hall–Kier alpha value is 0. The van der Waals surface area contributed by atoms with Crippen LogP contribution in [0.5, 0.6) is 0 Å². The maximum Gasteiger partial charge on any atom is -0.0354 e. The lowest BCUT2D eigenvalue weighted by Gasteiger charge is -2.24. The number of rotatable bonds is 0. The Morgan fingerprint density at radius 1 is 0.611 bits per heavy atom. The van der Waals surface area contributed by atoms with Gasteiger partial charge in [0.25, 0.3) is 0 Å². The van der Waals surface area contributed by atoms with E-state index in [1.807, 2.05) is 0 Å². The van der Waals surface area contributed by atoms with Crippen molar-refractivity contribution in [3.05, 3.63) is 0 Å². The molecule has 0 heteroatoms. The quantitative estimate of drug-likeness (QED) is 0.448. The van der Waals surface area contributed by atoms with Crippen molar-refractivity contribution in [1.82, 2.24) is 0 Å². The Bertz CT molecular complexity index is 192. The maximum absolute atomic E-state index is 2.48. The number of hydrogen-bond donors (Lipinski definition) is 0. The Kier molecular flexibility index (Phi) is 8.02. The molecule has 1 rings (SSSR count). The van der Waals surface area contributed by atoms with Gasteiger partial charge in [-0.1, -0.05) is 91.4 Å². The first-order valence-electron chi connectivity index (χ1n) is 8.60. The predicted octanol–water partition coefficient (Wildman–Crippen LogP) is 6.73. The molecular formula is C18H36. The van der Waals surface area contributed by atoms with Gasteiger partial charge in [-0.25, -0.2) is 0 Å². The number of hydrogen-bond acceptors (Lipinski definition) is 0. The third kappa shape index (κ3) is 8.16. The van der Waals surface area contributed by atoms with Gasteiger partial charge in [-0.2, -0.15) is 0 Å². The van der Waals surface area contributed by atoms with E-state index in [0.717, 1.165) is 5.92 Å². The van der Waals surface area contributed by atoms with Crippen LogP contribution in [0, 0.1) is 11.3 Å². The van der Waals surface area contributed by atoms with E-state index in [-0.39, 0.29) is 0 Å². The fourth-order valence-corrected chi connectivity index (χ4v) is 3.35. The van der Waals surface area contributed by atoms with Crippen LogP contribution in [0.2, 0.25) is 0 Å². The molecule has 0 nitrogen and oxygen atoms in total. The SMILES string of the molecule is CC1CCCCCCCC(C)(C)CCCCCC1. The summed E-state index contributed by atoms with van der Waals surface area (Å²) >= 11 is 0. The summed E-state index contributed by atoms with van der Waals surface area (Å²) < 4.78 is 0. The zero-order chi connectivity index (χ0) is 13.3. The summed E-state index contributed by atoms with van der Waals surface area (Å²) in [6.07, 6.45) is 19.1. The third-order valence-electron chi connectivity index (χ3n) is 4.85. The molecule has 1 saturated carbocycles. The zero-order valence-electron chi connectivity index (χ0n) is 13.3. The monoisotopic (exact) mass is 252 g/mol. The molecule has 1 fully saturated rings. The molecule has 0 aliphatic heterocycles. The molecule has 18 heavy (non-hydrogen) atoms. The molecule has 0 radical (unpaired) electrons. The molecule has 0 aromatic heterocycles. The molecule has 108 valence electrons. The lowest BCUT2D eigenvalue weighted by atomic mass is 9.82. The summed E-state index contributed by atoms with van der Waals surface area (Å²) in [5.41, 5.74) is 0.605. The summed E-state index contributed by atoms with van der Waals surface area (Å²) in [6, 6.07) is 0. The second kappa shape index (κ2) is 8.99. The van der Waals surface area contributed by atoms with E-state index < -0.39 is 0 Å². The Balaban J connectivity index is 2.28. The van der Waals surface area contributed by atoms with Crippen molar-refractivity contribution in [2.75, 3.05) is 0 Å².